The van der Waals surface area contributed by atoms with Gasteiger partial charge in [-0.05, 0) is 6.07 Å². The summed E-state index contributed by atoms with van der Waals surface area (Å²) in [5, 5.41) is 0. The molecule has 42 valence electrons. The van der Waals surface area contributed by atoms with Crippen molar-refractivity contribution in [1.82, 2.24) is 4.98 Å². The fourth-order valence-electron chi connectivity index (χ4n) is 0.417. The predicted molar refractivity (Wildman–Crippen MR) is 28.6 cm³/mol. The van der Waals surface area contributed by atoms with E-state index in [1.165, 1.54) is 18.3 Å². The van der Waals surface area contributed by atoms with Crippen LogP contribution >= 0.6 is 0 Å². The number of hydrogen-bond acceptors (Lipinski definition) is 2. The van der Waals surface area contributed by atoms with Gasteiger partial charge in [-0.15, -0.1) is 0 Å². The number of nitrogen functional groups attached to an aromatic ring is 1. The Morgan fingerprint density at radius 3 is 2.75 bits per heavy atom. The molecule has 8 heavy (non-hydrogen) atoms. The van der Waals surface area contributed by atoms with Gasteiger partial charge in [-0.1, -0.05) is 0 Å². The first kappa shape index (κ1) is 5.03. The maximum atomic E-state index is 12.0. The first-order valence-corrected chi connectivity index (χ1v) is 2.16. The summed E-state index contributed by atoms with van der Waals surface area (Å²) in [6, 6.07) is 2.70. The number of anilines is 1. The van der Waals surface area contributed by atoms with Crippen molar-refractivity contribution in [2.24, 2.45) is 0 Å². The molecule has 1 heterocycles. The van der Waals surface area contributed by atoms with E-state index < -0.39 is 5.95 Å². The van der Waals surface area contributed by atoms with Crippen LogP contribution in [0.4, 0.5) is 10.1 Å². The Balaban J connectivity index is 3.08. The molecular weight excluding hydrogens is 107 g/mol. The number of aromatic nitrogens is 1. The first-order valence-electron chi connectivity index (χ1n) is 2.16. The second-order valence-corrected chi connectivity index (χ2v) is 1.41. The van der Waals surface area contributed by atoms with E-state index in [1.807, 2.05) is 0 Å². The summed E-state index contributed by atoms with van der Waals surface area (Å²) in [5.74, 6) is -0.537. The van der Waals surface area contributed by atoms with Gasteiger partial charge in [0.2, 0.25) is 5.95 Å². The molecule has 2 N–H and O–H groups in total. The molecule has 0 radical (unpaired) electrons. The molecule has 0 amide bonds. The van der Waals surface area contributed by atoms with Crippen LogP contribution in [0, 0.1) is 5.95 Å². The molecule has 2 nitrogen and oxygen atoms in total. The molecule has 0 saturated heterocycles. The summed E-state index contributed by atoms with van der Waals surface area (Å²) in [7, 11) is 0. The molecular formula is C5H5FN2. The molecule has 3 heteroatoms. The quantitative estimate of drug-likeness (QED) is 0.504. The third-order valence-electron chi connectivity index (χ3n) is 0.751. The van der Waals surface area contributed by atoms with Gasteiger partial charge in [0.15, 0.2) is 0 Å². The van der Waals surface area contributed by atoms with E-state index in [2.05, 4.69) is 4.98 Å². The van der Waals surface area contributed by atoms with Gasteiger partial charge in [0.05, 0.1) is 0 Å². The van der Waals surface area contributed by atoms with Gasteiger partial charge in [-0.3, -0.25) is 0 Å². The summed E-state index contributed by atoms with van der Waals surface area (Å²) >= 11 is 0. The largest absolute Gasteiger partial charge is 0.399 e. The van der Waals surface area contributed by atoms with E-state index in [-0.39, 0.29) is 0 Å². The van der Waals surface area contributed by atoms with Gasteiger partial charge in [-0.2, -0.15) is 4.39 Å². The molecule has 0 aromatic carbocycles. The highest BCUT2D eigenvalue weighted by atomic mass is 19.1. The van der Waals surface area contributed by atoms with Crippen LogP contribution in [0.25, 0.3) is 0 Å². The molecule has 0 spiro atoms. The van der Waals surface area contributed by atoms with Gasteiger partial charge in [-0.25, -0.2) is 4.98 Å². The molecule has 0 saturated carbocycles. The molecule has 1 aromatic heterocycles. The Labute approximate surface area is 46.2 Å². The van der Waals surface area contributed by atoms with Crippen molar-refractivity contribution >= 4 is 5.69 Å². The van der Waals surface area contributed by atoms with Gasteiger partial charge in [0.1, 0.15) is 0 Å². The molecule has 0 fully saturated rings. The molecule has 0 unspecified atom stereocenters. The summed E-state index contributed by atoms with van der Waals surface area (Å²) in [5.41, 5.74) is 5.58. The molecule has 0 aliphatic rings. The van der Waals surface area contributed by atoms with Gasteiger partial charge in [0.25, 0.3) is 0 Å². The highest BCUT2D eigenvalue weighted by molar-refractivity contribution is 5.34. The SMILES string of the molecule is Nc1ccnc(F)c1. The normalized spacial score (nSPS) is 9.12. The van der Waals surface area contributed by atoms with Gasteiger partial charge >= 0.3 is 0 Å². The van der Waals surface area contributed by atoms with Gasteiger partial charge < -0.3 is 5.73 Å². The van der Waals surface area contributed by atoms with Crippen LogP contribution in [0.3, 0.4) is 0 Å². The second-order valence-electron chi connectivity index (χ2n) is 1.41. The van der Waals surface area contributed by atoms with Crippen LogP contribution in [0.1, 0.15) is 0 Å². The fraction of sp³-hybridized carbons (Fsp3) is 0. The summed E-state index contributed by atoms with van der Waals surface area (Å²) < 4.78 is 12.0. The van der Waals surface area contributed by atoms with Crippen LogP contribution in [0.15, 0.2) is 18.3 Å². The van der Waals surface area contributed by atoms with Crippen LogP contribution in [-0.2, 0) is 0 Å². The number of rotatable bonds is 0. The predicted octanol–water partition coefficient (Wildman–Crippen LogP) is 0.803. The van der Waals surface area contributed by atoms with Crippen molar-refractivity contribution in [1.29, 1.82) is 0 Å². The number of hydrogen-bond donors (Lipinski definition) is 1. The minimum Gasteiger partial charge on any atom is -0.399 e. The molecule has 0 bridgehead atoms. The van der Waals surface area contributed by atoms with Crippen LogP contribution in [0.2, 0.25) is 0 Å². The summed E-state index contributed by atoms with van der Waals surface area (Å²) in [6.45, 7) is 0. The summed E-state index contributed by atoms with van der Waals surface area (Å²) in [6.07, 6.45) is 1.32. The smallest absolute Gasteiger partial charge is 0.214 e. The van der Waals surface area contributed by atoms with Crippen molar-refractivity contribution in [2.45, 2.75) is 0 Å². The van der Waals surface area contributed by atoms with Crippen molar-refractivity contribution in [2.75, 3.05) is 5.73 Å². The average molecular weight is 112 g/mol. The van der Waals surface area contributed by atoms with Crippen molar-refractivity contribution in [3.8, 4) is 0 Å². The topological polar surface area (TPSA) is 38.9 Å². The maximum absolute atomic E-state index is 12.0. The highest BCUT2D eigenvalue weighted by Crippen LogP contribution is 1.98. The van der Waals surface area contributed by atoms with E-state index in [9.17, 15) is 4.39 Å². The maximum Gasteiger partial charge on any atom is 0.214 e. The lowest BCUT2D eigenvalue weighted by molar-refractivity contribution is 0.584. The van der Waals surface area contributed by atoms with Crippen LogP contribution in [-0.4, -0.2) is 4.98 Å². The zero-order chi connectivity index (χ0) is 5.98. The fourth-order valence-corrected chi connectivity index (χ4v) is 0.417. The lowest BCUT2D eigenvalue weighted by Crippen LogP contribution is -1.86. The van der Waals surface area contributed by atoms with Crippen molar-refractivity contribution in [3.63, 3.8) is 0 Å². The molecule has 0 atom stereocenters. The second kappa shape index (κ2) is 1.78. The van der Waals surface area contributed by atoms with Gasteiger partial charge in [0, 0.05) is 18.0 Å². The lowest BCUT2D eigenvalue weighted by Gasteiger charge is -1.87. The van der Waals surface area contributed by atoms with E-state index in [0.29, 0.717) is 5.69 Å². The third-order valence-corrected chi connectivity index (χ3v) is 0.751. The molecule has 0 aliphatic carbocycles. The van der Waals surface area contributed by atoms with Crippen molar-refractivity contribution < 1.29 is 4.39 Å². The zero-order valence-corrected chi connectivity index (χ0v) is 4.13. The van der Waals surface area contributed by atoms with E-state index >= 15 is 0 Å². The Hall–Kier alpha value is -1.12. The Morgan fingerprint density at radius 2 is 2.38 bits per heavy atom. The van der Waals surface area contributed by atoms with E-state index in [4.69, 9.17) is 5.73 Å². The molecule has 1 aromatic rings. The molecule has 1 rings (SSSR count). The Morgan fingerprint density at radius 1 is 1.62 bits per heavy atom. The lowest BCUT2D eigenvalue weighted by atomic mass is 10.4. The number of pyridine rings is 1. The van der Waals surface area contributed by atoms with Crippen LogP contribution < -0.4 is 5.73 Å². The van der Waals surface area contributed by atoms with Crippen molar-refractivity contribution in [3.05, 3.63) is 24.3 Å². The first-order chi connectivity index (χ1) is 3.79. The number of nitrogens with zero attached hydrogens (tertiary/aromatic N) is 1. The monoisotopic (exact) mass is 112 g/mol. The van der Waals surface area contributed by atoms with Crippen LogP contribution in [0.5, 0.6) is 0 Å². The Bertz CT molecular complexity index is 170. The van der Waals surface area contributed by atoms with E-state index in [1.54, 1.807) is 0 Å². The minimum atomic E-state index is -0.537. The summed E-state index contributed by atoms with van der Waals surface area (Å²) in [4.78, 5) is 3.29. The zero-order valence-electron chi connectivity index (χ0n) is 4.13. The molecule has 0 aliphatic heterocycles. The number of halogens is 1. The average Bonchev–Trinajstić information content (AvgIpc) is 1.64. The van der Waals surface area contributed by atoms with E-state index in [0.717, 1.165) is 0 Å². The highest BCUT2D eigenvalue weighted by Gasteiger charge is 1.86. The minimum absolute atomic E-state index is 0.400. The Kier molecular flexibility index (Phi) is 1.12. The number of nitrogens with two attached hydrogens (primary N) is 1. The standard InChI is InChI=1S/C5H5FN2/c6-5-3-4(7)1-2-8-5/h1-3H,(H2,7,8). The third kappa shape index (κ3) is 0.932.